The number of hydrogen-bond donors (Lipinski definition) is 1. The fourth-order valence-corrected chi connectivity index (χ4v) is 2.33. The first-order chi connectivity index (χ1) is 7.74. The Bertz CT molecular complexity index is 352. The predicted molar refractivity (Wildman–Crippen MR) is 67.5 cm³/mol. The maximum absolute atomic E-state index is 10.1. The minimum absolute atomic E-state index is 0.247. The van der Waals surface area contributed by atoms with Gasteiger partial charge in [-0.25, -0.2) is 0 Å². The fourth-order valence-electron chi connectivity index (χ4n) is 2.33. The molecule has 0 aromatic heterocycles. The van der Waals surface area contributed by atoms with Crippen LogP contribution in [0.15, 0.2) is 18.2 Å². The normalized spacial score (nSPS) is 17.4. The molecule has 1 aliphatic rings. The average molecular weight is 218 g/mol. The molecule has 2 rings (SSSR count). The Morgan fingerprint density at radius 1 is 1.19 bits per heavy atom. The topological polar surface area (TPSA) is 20.2 Å². The molecule has 1 heteroatoms. The highest BCUT2D eigenvalue weighted by atomic mass is 16.3. The molecule has 0 saturated heterocycles. The third-order valence-electron chi connectivity index (χ3n) is 3.63. The highest BCUT2D eigenvalue weighted by Gasteiger charge is 2.25. The molecule has 1 aliphatic carbocycles. The summed E-state index contributed by atoms with van der Waals surface area (Å²) in [5.41, 5.74) is 3.93. The molecule has 1 saturated carbocycles. The van der Waals surface area contributed by atoms with Crippen LogP contribution in [0.25, 0.3) is 0 Å². The summed E-state index contributed by atoms with van der Waals surface area (Å²) >= 11 is 0. The van der Waals surface area contributed by atoms with E-state index in [4.69, 9.17) is 0 Å². The molecule has 0 heterocycles. The van der Waals surface area contributed by atoms with Gasteiger partial charge in [-0.05, 0) is 41.9 Å². The second-order valence-electron chi connectivity index (χ2n) is 4.93. The molecule has 1 fully saturated rings. The SMILES string of the molecule is CCc1ccc(C(O)CC2CC2)cc1CC. The summed E-state index contributed by atoms with van der Waals surface area (Å²) in [5.74, 6) is 0.783. The number of rotatable bonds is 5. The molecule has 0 aliphatic heterocycles. The standard InChI is InChI=1S/C15H22O/c1-3-12-7-8-14(10-13(12)4-2)15(16)9-11-5-6-11/h7-8,10-11,15-16H,3-6,9H2,1-2H3. The number of aliphatic hydroxyl groups is 1. The quantitative estimate of drug-likeness (QED) is 0.800. The molecular weight excluding hydrogens is 196 g/mol. The Kier molecular flexibility index (Phi) is 3.65. The molecule has 1 atom stereocenters. The molecule has 1 N–H and O–H groups in total. The van der Waals surface area contributed by atoms with Gasteiger partial charge in [0.25, 0.3) is 0 Å². The zero-order chi connectivity index (χ0) is 11.5. The highest BCUT2D eigenvalue weighted by molar-refractivity contribution is 5.33. The third-order valence-corrected chi connectivity index (χ3v) is 3.63. The Morgan fingerprint density at radius 3 is 2.44 bits per heavy atom. The monoisotopic (exact) mass is 218 g/mol. The van der Waals surface area contributed by atoms with E-state index in [0.717, 1.165) is 30.7 Å². The van der Waals surface area contributed by atoms with Gasteiger partial charge in [0.2, 0.25) is 0 Å². The molecule has 0 radical (unpaired) electrons. The lowest BCUT2D eigenvalue weighted by molar-refractivity contribution is 0.160. The Balaban J connectivity index is 2.13. The number of aryl methyl sites for hydroxylation is 2. The first kappa shape index (κ1) is 11.7. The van der Waals surface area contributed by atoms with Gasteiger partial charge in [0, 0.05) is 0 Å². The van der Waals surface area contributed by atoms with E-state index in [-0.39, 0.29) is 6.10 Å². The van der Waals surface area contributed by atoms with Gasteiger partial charge in [0.1, 0.15) is 0 Å². The summed E-state index contributed by atoms with van der Waals surface area (Å²) in [6.45, 7) is 4.38. The Morgan fingerprint density at radius 2 is 1.88 bits per heavy atom. The fraction of sp³-hybridized carbons (Fsp3) is 0.600. The van der Waals surface area contributed by atoms with Crippen LogP contribution in [-0.4, -0.2) is 5.11 Å². The smallest absolute Gasteiger partial charge is 0.0792 e. The zero-order valence-electron chi connectivity index (χ0n) is 10.4. The number of benzene rings is 1. The summed E-state index contributed by atoms with van der Waals surface area (Å²) in [7, 11) is 0. The second-order valence-corrected chi connectivity index (χ2v) is 4.93. The van der Waals surface area contributed by atoms with Crippen LogP contribution in [0.2, 0.25) is 0 Å². The first-order valence-corrected chi connectivity index (χ1v) is 6.54. The predicted octanol–water partition coefficient (Wildman–Crippen LogP) is 3.64. The third kappa shape index (κ3) is 2.65. The molecule has 0 bridgehead atoms. The molecule has 1 aromatic rings. The maximum atomic E-state index is 10.1. The average Bonchev–Trinajstić information content (AvgIpc) is 3.11. The van der Waals surface area contributed by atoms with E-state index >= 15 is 0 Å². The minimum atomic E-state index is -0.247. The summed E-state index contributed by atoms with van der Waals surface area (Å²) in [4.78, 5) is 0. The van der Waals surface area contributed by atoms with Crippen LogP contribution in [0.3, 0.4) is 0 Å². The summed E-state index contributed by atoms with van der Waals surface area (Å²) in [6.07, 6.45) is 5.48. The van der Waals surface area contributed by atoms with Gasteiger partial charge in [-0.3, -0.25) is 0 Å². The van der Waals surface area contributed by atoms with Crippen molar-refractivity contribution < 1.29 is 5.11 Å². The van der Waals surface area contributed by atoms with Gasteiger partial charge in [-0.1, -0.05) is 44.9 Å². The van der Waals surface area contributed by atoms with Crippen LogP contribution in [0, 0.1) is 5.92 Å². The largest absolute Gasteiger partial charge is 0.388 e. The van der Waals surface area contributed by atoms with Crippen molar-refractivity contribution >= 4 is 0 Å². The van der Waals surface area contributed by atoms with E-state index in [1.807, 2.05) is 0 Å². The van der Waals surface area contributed by atoms with E-state index in [9.17, 15) is 5.11 Å². The van der Waals surface area contributed by atoms with Gasteiger partial charge in [-0.15, -0.1) is 0 Å². The van der Waals surface area contributed by atoms with Gasteiger partial charge < -0.3 is 5.11 Å². The van der Waals surface area contributed by atoms with Crippen molar-refractivity contribution in [2.75, 3.05) is 0 Å². The first-order valence-electron chi connectivity index (χ1n) is 6.54. The molecule has 0 spiro atoms. The van der Waals surface area contributed by atoms with Gasteiger partial charge in [-0.2, -0.15) is 0 Å². The lowest BCUT2D eigenvalue weighted by atomic mass is 9.96. The van der Waals surface area contributed by atoms with E-state index in [1.165, 1.54) is 24.0 Å². The summed E-state index contributed by atoms with van der Waals surface area (Å²) in [6, 6.07) is 6.49. The maximum Gasteiger partial charge on any atom is 0.0792 e. The van der Waals surface area contributed by atoms with Crippen LogP contribution >= 0.6 is 0 Å². The van der Waals surface area contributed by atoms with Gasteiger partial charge in [0.05, 0.1) is 6.10 Å². The van der Waals surface area contributed by atoms with E-state index in [2.05, 4.69) is 32.0 Å². The van der Waals surface area contributed by atoms with Gasteiger partial charge in [0.15, 0.2) is 0 Å². The molecule has 1 aromatic carbocycles. The van der Waals surface area contributed by atoms with Crippen molar-refractivity contribution in [2.45, 2.75) is 52.1 Å². The number of hydrogen-bond acceptors (Lipinski definition) is 1. The van der Waals surface area contributed by atoms with Crippen molar-refractivity contribution in [3.8, 4) is 0 Å². The highest BCUT2D eigenvalue weighted by Crippen LogP contribution is 2.37. The van der Waals surface area contributed by atoms with E-state index in [0.29, 0.717) is 0 Å². The Labute approximate surface area is 98.5 Å². The van der Waals surface area contributed by atoms with Crippen molar-refractivity contribution in [1.29, 1.82) is 0 Å². The lowest BCUT2D eigenvalue weighted by Crippen LogP contribution is -2.01. The molecule has 1 unspecified atom stereocenters. The minimum Gasteiger partial charge on any atom is -0.388 e. The van der Waals surface area contributed by atoms with Crippen molar-refractivity contribution in [3.63, 3.8) is 0 Å². The van der Waals surface area contributed by atoms with Crippen LogP contribution in [0.5, 0.6) is 0 Å². The van der Waals surface area contributed by atoms with Crippen LogP contribution < -0.4 is 0 Å². The summed E-state index contributed by atoms with van der Waals surface area (Å²) < 4.78 is 0. The van der Waals surface area contributed by atoms with Crippen LogP contribution in [0.1, 0.15) is 55.9 Å². The van der Waals surface area contributed by atoms with Crippen LogP contribution in [-0.2, 0) is 12.8 Å². The summed E-state index contributed by atoms with van der Waals surface area (Å²) in [5, 5.41) is 10.1. The lowest BCUT2D eigenvalue weighted by Gasteiger charge is -2.14. The van der Waals surface area contributed by atoms with Crippen LogP contribution in [0.4, 0.5) is 0 Å². The van der Waals surface area contributed by atoms with Crippen molar-refractivity contribution in [1.82, 2.24) is 0 Å². The second kappa shape index (κ2) is 5.01. The van der Waals surface area contributed by atoms with E-state index in [1.54, 1.807) is 0 Å². The van der Waals surface area contributed by atoms with Crippen molar-refractivity contribution in [3.05, 3.63) is 34.9 Å². The zero-order valence-corrected chi connectivity index (χ0v) is 10.4. The molecule has 88 valence electrons. The molecule has 16 heavy (non-hydrogen) atoms. The number of aliphatic hydroxyl groups excluding tert-OH is 1. The molecule has 0 amide bonds. The molecular formula is C15H22O. The Hall–Kier alpha value is -0.820. The molecule has 1 nitrogen and oxygen atoms in total. The van der Waals surface area contributed by atoms with Gasteiger partial charge >= 0.3 is 0 Å². The van der Waals surface area contributed by atoms with Crippen molar-refractivity contribution in [2.24, 2.45) is 5.92 Å². The van der Waals surface area contributed by atoms with E-state index < -0.39 is 0 Å².